The predicted octanol–water partition coefficient (Wildman–Crippen LogP) is 4.19. The van der Waals surface area contributed by atoms with Crippen LogP contribution in [0.2, 0.25) is 0 Å². The molecular formula is C13H18O2S. The van der Waals surface area contributed by atoms with E-state index in [0.717, 1.165) is 5.56 Å². The first kappa shape index (κ1) is 14.6. The normalized spacial score (nSPS) is 9.25. The van der Waals surface area contributed by atoms with Gasteiger partial charge >= 0.3 is 5.97 Å². The second kappa shape index (κ2) is 6.28. The van der Waals surface area contributed by atoms with Crippen LogP contribution in [0.1, 0.15) is 26.8 Å². The van der Waals surface area contributed by atoms with Crippen LogP contribution >= 0.6 is 11.3 Å². The average molecular weight is 238 g/mol. The van der Waals surface area contributed by atoms with Crippen LogP contribution in [-0.4, -0.2) is 11.1 Å². The van der Waals surface area contributed by atoms with E-state index in [-0.39, 0.29) is 21.3 Å². The zero-order chi connectivity index (χ0) is 9.97. The number of carbonyl (C=O) groups is 1. The standard InChI is InChI=1S/C11H10O2S.2CH4/c12-11(13)6-5-8-7-14-10-4-2-1-3-9(8)10;;/h1-4,7H,5-6H2,(H,12,13);2*1H4. The van der Waals surface area contributed by atoms with Crippen molar-refractivity contribution in [3.05, 3.63) is 35.2 Å². The Labute approximate surface area is 101 Å². The first-order chi connectivity index (χ1) is 6.77. The first-order valence-electron chi connectivity index (χ1n) is 4.44. The van der Waals surface area contributed by atoms with Gasteiger partial charge in [-0.15, -0.1) is 11.3 Å². The smallest absolute Gasteiger partial charge is 0.303 e. The Morgan fingerprint density at radius 3 is 2.62 bits per heavy atom. The molecule has 3 heteroatoms. The van der Waals surface area contributed by atoms with Gasteiger partial charge in [0, 0.05) is 11.1 Å². The van der Waals surface area contributed by atoms with Crippen molar-refractivity contribution in [2.45, 2.75) is 27.7 Å². The molecule has 2 nitrogen and oxygen atoms in total. The number of benzene rings is 1. The van der Waals surface area contributed by atoms with Crippen LogP contribution in [0.4, 0.5) is 0 Å². The van der Waals surface area contributed by atoms with E-state index in [2.05, 4.69) is 6.07 Å². The van der Waals surface area contributed by atoms with Crippen molar-refractivity contribution in [1.29, 1.82) is 0 Å². The van der Waals surface area contributed by atoms with Gasteiger partial charge in [-0.1, -0.05) is 33.1 Å². The zero-order valence-electron chi connectivity index (χ0n) is 7.56. The van der Waals surface area contributed by atoms with E-state index in [1.54, 1.807) is 11.3 Å². The summed E-state index contributed by atoms with van der Waals surface area (Å²) >= 11 is 1.67. The van der Waals surface area contributed by atoms with Crippen molar-refractivity contribution in [2.24, 2.45) is 0 Å². The topological polar surface area (TPSA) is 37.3 Å². The van der Waals surface area contributed by atoms with Crippen LogP contribution in [0.5, 0.6) is 0 Å². The van der Waals surface area contributed by atoms with Crippen molar-refractivity contribution < 1.29 is 9.90 Å². The summed E-state index contributed by atoms with van der Waals surface area (Å²) in [5.41, 5.74) is 1.15. The maximum absolute atomic E-state index is 10.4. The summed E-state index contributed by atoms with van der Waals surface area (Å²) in [6.45, 7) is 0. The lowest BCUT2D eigenvalue weighted by Crippen LogP contribution is -1.96. The fourth-order valence-electron chi connectivity index (χ4n) is 1.47. The molecule has 2 aromatic rings. The number of hydrogen-bond donors (Lipinski definition) is 1. The fraction of sp³-hybridized carbons (Fsp3) is 0.308. The SMILES string of the molecule is C.C.O=C(O)CCc1csc2ccccc12. The minimum atomic E-state index is -0.736. The Bertz CT molecular complexity index is 460. The number of carboxylic acid groups (broad SMARTS) is 1. The number of carboxylic acids is 1. The van der Waals surface area contributed by atoms with Gasteiger partial charge in [0.15, 0.2) is 0 Å². The van der Waals surface area contributed by atoms with E-state index in [9.17, 15) is 4.79 Å². The Kier molecular flexibility index (Phi) is 5.75. The minimum absolute atomic E-state index is 0. The van der Waals surface area contributed by atoms with Crippen LogP contribution in [-0.2, 0) is 11.2 Å². The average Bonchev–Trinajstić information content (AvgIpc) is 2.58. The summed E-state index contributed by atoms with van der Waals surface area (Å²) in [7, 11) is 0. The quantitative estimate of drug-likeness (QED) is 0.870. The molecule has 0 aliphatic rings. The number of fused-ring (bicyclic) bond motifs is 1. The van der Waals surface area contributed by atoms with Gasteiger partial charge in [0.2, 0.25) is 0 Å². The third-order valence-electron chi connectivity index (χ3n) is 2.17. The number of thiophene rings is 1. The monoisotopic (exact) mass is 238 g/mol. The van der Waals surface area contributed by atoms with Gasteiger partial charge in [-0.3, -0.25) is 4.79 Å². The highest BCUT2D eigenvalue weighted by atomic mass is 32.1. The van der Waals surface area contributed by atoms with Crippen LogP contribution < -0.4 is 0 Å². The van der Waals surface area contributed by atoms with Crippen LogP contribution in [0.15, 0.2) is 29.6 Å². The highest BCUT2D eigenvalue weighted by Gasteiger charge is 2.04. The molecule has 2 rings (SSSR count). The van der Waals surface area contributed by atoms with Gasteiger partial charge in [0.25, 0.3) is 0 Å². The predicted molar refractivity (Wildman–Crippen MR) is 71.2 cm³/mol. The lowest BCUT2D eigenvalue weighted by atomic mass is 10.1. The van der Waals surface area contributed by atoms with E-state index in [0.29, 0.717) is 6.42 Å². The summed E-state index contributed by atoms with van der Waals surface area (Å²) in [6, 6.07) is 8.09. The largest absolute Gasteiger partial charge is 0.481 e. The molecule has 0 saturated heterocycles. The van der Waals surface area contributed by atoms with Gasteiger partial charge in [0.05, 0.1) is 0 Å². The first-order valence-corrected chi connectivity index (χ1v) is 5.32. The fourth-order valence-corrected chi connectivity index (χ4v) is 2.47. The van der Waals surface area contributed by atoms with Crippen LogP contribution in [0, 0.1) is 0 Å². The van der Waals surface area contributed by atoms with Crippen molar-refractivity contribution in [2.75, 3.05) is 0 Å². The molecule has 0 atom stereocenters. The molecule has 1 N–H and O–H groups in total. The maximum atomic E-state index is 10.4. The van der Waals surface area contributed by atoms with Gasteiger partial charge in [-0.2, -0.15) is 0 Å². The summed E-state index contributed by atoms with van der Waals surface area (Å²) in [6.07, 6.45) is 0.833. The number of hydrogen-bond acceptors (Lipinski definition) is 2. The Hall–Kier alpha value is -1.35. The Balaban J connectivity index is 0.00000112. The van der Waals surface area contributed by atoms with Crippen molar-refractivity contribution in [3.8, 4) is 0 Å². The van der Waals surface area contributed by atoms with E-state index < -0.39 is 5.97 Å². The number of aryl methyl sites for hydroxylation is 1. The van der Waals surface area contributed by atoms with Crippen molar-refractivity contribution in [1.82, 2.24) is 0 Å². The molecule has 1 heterocycles. The molecule has 0 saturated carbocycles. The van der Waals surface area contributed by atoms with E-state index in [1.807, 2.05) is 23.6 Å². The third-order valence-corrected chi connectivity index (χ3v) is 3.18. The third kappa shape index (κ3) is 3.07. The molecule has 0 fully saturated rings. The molecule has 0 amide bonds. The van der Waals surface area contributed by atoms with Gasteiger partial charge in [-0.05, 0) is 28.8 Å². The van der Waals surface area contributed by atoms with Gasteiger partial charge in [-0.25, -0.2) is 0 Å². The second-order valence-electron chi connectivity index (χ2n) is 3.15. The summed E-state index contributed by atoms with van der Waals surface area (Å²) in [5, 5.41) is 11.8. The molecule has 16 heavy (non-hydrogen) atoms. The highest BCUT2D eigenvalue weighted by Crippen LogP contribution is 2.26. The summed E-state index contributed by atoms with van der Waals surface area (Å²) < 4.78 is 1.23. The molecular weight excluding hydrogens is 220 g/mol. The molecule has 0 unspecified atom stereocenters. The number of rotatable bonds is 3. The molecule has 0 spiro atoms. The van der Waals surface area contributed by atoms with Gasteiger partial charge in [0.1, 0.15) is 0 Å². The molecule has 0 bridgehead atoms. The molecule has 0 aliphatic carbocycles. The zero-order valence-corrected chi connectivity index (χ0v) is 8.38. The van der Waals surface area contributed by atoms with Gasteiger partial charge < -0.3 is 5.11 Å². The van der Waals surface area contributed by atoms with Crippen molar-refractivity contribution >= 4 is 27.4 Å². The molecule has 0 radical (unpaired) electrons. The summed E-state index contributed by atoms with van der Waals surface area (Å²) in [5.74, 6) is -0.736. The summed E-state index contributed by atoms with van der Waals surface area (Å²) in [4.78, 5) is 10.4. The highest BCUT2D eigenvalue weighted by molar-refractivity contribution is 7.17. The van der Waals surface area contributed by atoms with Crippen molar-refractivity contribution in [3.63, 3.8) is 0 Å². The van der Waals surface area contributed by atoms with Crippen LogP contribution in [0.25, 0.3) is 10.1 Å². The van der Waals surface area contributed by atoms with E-state index >= 15 is 0 Å². The second-order valence-corrected chi connectivity index (χ2v) is 4.06. The molecule has 0 aliphatic heterocycles. The lowest BCUT2D eigenvalue weighted by Gasteiger charge is -1.95. The van der Waals surface area contributed by atoms with E-state index in [1.165, 1.54) is 10.1 Å². The molecule has 1 aromatic carbocycles. The Morgan fingerprint density at radius 2 is 1.94 bits per heavy atom. The van der Waals surface area contributed by atoms with Crippen LogP contribution in [0.3, 0.4) is 0 Å². The number of aliphatic carboxylic acids is 1. The van der Waals surface area contributed by atoms with E-state index in [4.69, 9.17) is 5.11 Å². The molecule has 1 aromatic heterocycles. The maximum Gasteiger partial charge on any atom is 0.303 e. The Morgan fingerprint density at radius 1 is 1.25 bits per heavy atom. The minimum Gasteiger partial charge on any atom is -0.481 e. The molecule has 88 valence electrons. The lowest BCUT2D eigenvalue weighted by molar-refractivity contribution is -0.136.